The highest BCUT2D eigenvalue weighted by Crippen LogP contribution is 2.29. The SMILES string of the molecule is COCc1cc(Cl)c2cc(OC)cc(C)c2n1. The topological polar surface area (TPSA) is 31.4 Å². The van der Waals surface area contributed by atoms with Gasteiger partial charge in [-0.1, -0.05) is 11.6 Å². The van der Waals surface area contributed by atoms with Gasteiger partial charge in [-0.2, -0.15) is 0 Å². The molecule has 0 amide bonds. The fourth-order valence-electron chi connectivity index (χ4n) is 1.82. The van der Waals surface area contributed by atoms with Crippen molar-refractivity contribution in [2.24, 2.45) is 0 Å². The minimum absolute atomic E-state index is 0.459. The van der Waals surface area contributed by atoms with E-state index in [1.54, 1.807) is 14.2 Å². The Morgan fingerprint density at radius 2 is 2.00 bits per heavy atom. The lowest BCUT2D eigenvalue weighted by atomic mass is 10.1. The Labute approximate surface area is 105 Å². The molecule has 2 rings (SSSR count). The van der Waals surface area contributed by atoms with Crippen LogP contribution < -0.4 is 4.74 Å². The number of hydrogen-bond donors (Lipinski definition) is 0. The third kappa shape index (κ3) is 2.35. The number of nitrogens with zero attached hydrogens (tertiary/aromatic N) is 1. The van der Waals surface area contributed by atoms with E-state index in [0.717, 1.165) is 27.9 Å². The Bertz CT molecular complexity index is 555. The van der Waals surface area contributed by atoms with Crippen LogP contribution >= 0.6 is 11.6 Å². The van der Waals surface area contributed by atoms with E-state index in [1.165, 1.54) is 0 Å². The maximum Gasteiger partial charge on any atom is 0.119 e. The molecule has 0 bridgehead atoms. The van der Waals surface area contributed by atoms with Crippen molar-refractivity contribution in [2.75, 3.05) is 14.2 Å². The van der Waals surface area contributed by atoms with Crippen molar-refractivity contribution >= 4 is 22.5 Å². The van der Waals surface area contributed by atoms with E-state index >= 15 is 0 Å². The normalized spacial score (nSPS) is 10.8. The van der Waals surface area contributed by atoms with Gasteiger partial charge in [0.15, 0.2) is 0 Å². The number of hydrogen-bond acceptors (Lipinski definition) is 3. The second-order valence-corrected chi connectivity index (χ2v) is 4.28. The molecule has 17 heavy (non-hydrogen) atoms. The molecule has 0 unspecified atom stereocenters. The highest BCUT2D eigenvalue weighted by atomic mass is 35.5. The van der Waals surface area contributed by atoms with Crippen LogP contribution in [0, 0.1) is 6.92 Å². The molecule has 2 aromatic rings. The van der Waals surface area contributed by atoms with Crippen LogP contribution in [0.2, 0.25) is 5.02 Å². The quantitative estimate of drug-likeness (QED) is 0.838. The lowest BCUT2D eigenvalue weighted by molar-refractivity contribution is 0.182. The molecule has 4 heteroatoms. The minimum atomic E-state index is 0.459. The average Bonchev–Trinajstić information content (AvgIpc) is 2.30. The van der Waals surface area contributed by atoms with Gasteiger partial charge in [0.25, 0.3) is 0 Å². The van der Waals surface area contributed by atoms with Crippen LogP contribution in [0.1, 0.15) is 11.3 Å². The minimum Gasteiger partial charge on any atom is -0.497 e. The first kappa shape index (κ1) is 12.1. The summed E-state index contributed by atoms with van der Waals surface area (Å²) in [7, 11) is 3.28. The van der Waals surface area contributed by atoms with Gasteiger partial charge >= 0.3 is 0 Å². The summed E-state index contributed by atoms with van der Waals surface area (Å²) in [6.45, 7) is 2.45. The van der Waals surface area contributed by atoms with E-state index in [1.807, 2.05) is 25.1 Å². The predicted molar refractivity (Wildman–Crippen MR) is 68.8 cm³/mol. The van der Waals surface area contributed by atoms with E-state index in [-0.39, 0.29) is 0 Å². The number of methoxy groups -OCH3 is 2. The molecule has 1 aromatic heterocycles. The monoisotopic (exact) mass is 251 g/mol. The molecule has 1 heterocycles. The van der Waals surface area contributed by atoms with Gasteiger partial charge in [0.05, 0.1) is 29.9 Å². The molecule has 0 radical (unpaired) electrons. The van der Waals surface area contributed by atoms with Crippen molar-refractivity contribution in [1.82, 2.24) is 4.98 Å². The number of aryl methyl sites for hydroxylation is 1. The average molecular weight is 252 g/mol. The Balaban J connectivity index is 2.67. The standard InChI is InChI=1S/C13H14ClNO2/c1-8-4-10(17-3)6-11-12(14)5-9(7-16-2)15-13(8)11/h4-6H,7H2,1-3H3. The van der Waals surface area contributed by atoms with Crippen LogP contribution in [0.25, 0.3) is 10.9 Å². The van der Waals surface area contributed by atoms with E-state index in [2.05, 4.69) is 4.98 Å². The maximum atomic E-state index is 6.25. The number of halogens is 1. The number of ether oxygens (including phenoxy) is 2. The predicted octanol–water partition coefficient (Wildman–Crippen LogP) is 3.35. The summed E-state index contributed by atoms with van der Waals surface area (Å²) in [6.07, 6.45) is 0. The van der Waals surface area contributed by atoms with Crippen molar-refractivity contribution < 1.29 is 9.47 Å². The van der Waals surface area contributed by atoms with Crippen molar-refractivity contribution in [3.8, 4) is 5.75 Å². The smallest absolute Gasteiger partial charge is 0.119 e. The molecule has 3 nitrogen and oxygen atoms in total. The van der Waals surface area contributed by atoms with Gasteiger partial charge in [0.2, 0.25) is 0 Å². The molecular formula is C13H14ClNO2. The molecule has 0 saturated carbocycles. The molecule has 90 valence electrons. The maximum absolute atomic E-state index is 6.25. The largest absolute Gasteiger partial charge is 0.497 e. The van der Waals surface area contributed by atoms with Crippen molar-refractivity contribution in [3.05, 3.63) is 34.5 Å². The second-order valence-electron chi connectivity index (χ2n) is 3.87. The van der Waals surface area contributed by atoms with Crippen LogP contribution in [-0.4, -0.2) is 19.2 Å². The Morgan fingerprint density at radius 1 is 1.24 bits per heavy atom. The molecule has 0 saturated heterocycles. The highest BCUT2D eigenvalue weighted by Gasteiger charge is 2.08. The zero-order chi connectivity index (χ0) is 12.4. The number of benzene rings is 1. The molecule has 0 atom stereocenters. The lowest BCUT2D eigenvalue weighted by Crippen LogP contribution is -1.95. The van der Waals surface area contributed by atoms with Crippen LogP contribution in [-0.2, 0) is 11.3 Å². The zero-order valence-electron chi connectivity index (χ0n) is 10.1. The summed E-state index contributed by atoms with van der Waals surface area (Å²) in [6, 6.07) is 5.67. The summed E-state index contributed by atoms with van der Waals surface area (Å²) in [5.41, 5.74) is 2.77. The third-order valence-electron chi connectivity index (χ3n) is 2.61. The fraction of sp³-hybridized carbons (Fsp3) is 0.308. The van der Waals surface area contributed by atoms with Gasteiger partial charge in [-0.3, -0.25) is 0 Å². The first-order valence-electron chi connectivity index (χ1n) is 5.28. The van der Waals surface area contributed by atoms with Gasteiger partial charge in [-0.05, 0) is 30.7 Å². The third-order valence-corrected chi connectivity index (χ3v) is 2.92. The van der Waals surface area contributed by atoms with E-state index in [4.69, 9.17) is 21.1 Å². The van der Waals surface area contributed by atoms with Gasteiger partial charge < -0.3 is 9.47 Å². The Morgan fingerprint density at radius 3 is 2.65 bits per heavy atom. The first-order chi connectivity index (χ1) is 8.15. The molecule has 0 N–H and O–H groups in total. The lowest BCUT2D eigenvalue weighted by Gasteiger charge is -2.09. The van der Waals surface area contributed by atoms with Crippen LogP contribution in [0.4, 0.5) is 0 Å². The van der Waals surface area contributed by atoms with E-state index < -0.39 is 0 Å². The molecule has 0 fully saturated rings. The molecule has 1 aromatic carbocycles. The summed E-state index contributed by atoms with van der Waals surface area (Å²) >= 11 is 6.25. The second kappa shape index (κ2) is 4.90. The van der Waals surface area contributed by atoms with Gasteiger partial charge in [0.1, 0.15) is 5.75 Å². The molecular weight excluding hydrogens is 238 g/mol. The van der Waals surface area contributed by atoms with Gasteiger partial charge in [-0.15, -0.1) is 0 Å². The van der Waals surface area contributed by atoms with Crippen LogP contribution in [0.15, 0.2) is 18.2 Å². The van der Waals surface area contributed by atoms with E-state index in [0.29, 0.717) is 11.6 Å². The van der Waals surface area contributed by atoms with Crippen molar-refractivity contribution in [1.29, 1.82) is 0 Å². The van der Waals surface area contributed by atoms with E-state index in [9.17, 15) is 0 Å². The van der Waals surface area contributed by atoms with Crippen molar-refractivity contribution in [3.63, 3.8) is 0 Å². The summed E-state index contributed by atoms with van der Waals surface area (Å²) < 4.78 is 10.3. The first-order valence-corrected chi connectivity index (χ1v) is 5.66. The number of rotatable bonds is 3. The van der Waals surface area contributed by atoms with Crippen LogP contribution in [0.3, 0.4) is 0 Å². The van der Waals surface area contributed by atoms with Crippen molar-refractivity contribution in [2.45, 2.75) is 13.5 Å². The molecule has 0 aliphatic rings. The summed E-state index contributed by atoms with van der Waals surface area (Å²) in [5, 5.41) is 1.58. The number of pyridine rings is 1. The number of aromatic nitrogens is 1. The Hall–Kier alpha value is -1.32. The van der Waals surface area contributed by atoms with Gasteiger partial charge in [-0.25, -0.2) is 4.98 Å². The van der Waals surface area contributed by atoms with Crippen LogP contribution in [0.5, 0.6) is 5.75 Å². The molecule has 0 aliphatic heterocycles. The highest BCUT2D eigenvalue weighted by molar-refractivity contribution is 6.35. The molecule has 0 spiro atoms. The van der Waals surface area contributed by atoms with Gasteiger partial charge in [0, 0.05) is 12.5 Å². The molecule has 0 aliphatic carbocycles. The fourth-order valence-corrected chi connectivity index (χ4v) is 2.09. The zero-order valence-corrected chi connectivity index (χ0v) is 10.8. The Kier molecular flexibility index (Phi) is 3.50. The number of fused-ring (bicyclic) bond motifs is 1. The summed E-state index contributed by atoms with van der Waals surface area (Å²) in [5.74, 6) is 0.790. The summed E-state index contributed by atoms with van der Waals surface area (Å²) in [4.78, 5) is 4.54.